The number of nitrogens with one attached hydrogen (secondary N) is 1. The molecular formula is C14H14BrN3S. The molecule has 2 aromatic rings. The Morgan fingerprint density at radius 2 is 2.32 bits per heavy atom. The summed E-state index contributed by atoms with van der Waals surface area (Å²) < 4.78 is 0.907. The molecule has 0 amide bonds. The van der Waals surface area contributed by atoms with Crippen molar-refractivity contribution in [3.05, 3.63) is 44.3 Å². The number of hydrogen-bond acceptors (Lipinski definition) is 4. The Morgan fingerprint density at radius 3 is 2.95 bits per heavy atom. The molecule has 1 atom stereocenters. The minimum absolute atomic E-state index is 0.0959. The summed E-state index contributed by atoms with van der Waals surface area (Å²) in [6, 6.07) is 7.95. The summed E-state index contributed by atoms with van der Waals surface area (Å²) in [5.41, 5.74) is 1.47. The Bertz CT molecular complexity index is 615. The zero-order valence-electron chi connectivity index (χ0n) is 10.8. The number of nitrogens with zero attached hydrogens (tertiary/aromatic N) is 2. The van der Waals surface area contributed by atoms with Crippen LogP contribution in [0.15, 0.2) is 28.9 Å². The molecule has 1 aromatic carbocycles. The summed E-state index contributed by atoms with van der Waals surface area (Å²) in [5, 5.41) is 13.5. The molecule has 0 fully saturated rings. The highest BCUT2D eigenvalue weighted by Crippen LogP contribution is 2.27. The molecule has 0 radical (unpaired) electrons. The van der Waals surface area contributed by atoms with Gasteiger partial charge in [0.1, 0.15) is 11.1 Å². The third-order valence-corrected chi connectivity index (χ3v) is 4.58. The fraction of sp³-hybridized carbons (Fsp3) is 0.286. The first-order chi connectivity index (χ1) is 9.13. The second kappa shape index (κ2) is 6.18. The van der Waals surface area contributed by atoms with Gasteiger partial charge < -0.3 is 5.32 Å². The number of nitriles is 1. The lowest BCUT2D eigenvalue weighted by Crippen LogP contribution is -2.07. The van der Waals surface area contributed by atoms with E-state index in [1.807, 2.05) is 24.4 Å². The lowest BCUT2D eigenvalue weighted by molar-refractivity contribution is 0.868. The number of anilines is 1. The summed E-state index contributed by atoms with van der Waals surface area (Å²) >= 11 is 5.08. The number of aryl methyl sites for hydroxylation is 1. The second-order valence-corrected chi connectivity index (χ2v) is 6.25. The predicted octanol–water partition coefficient (Wildman–Crippen LogP) is 4.51. The third-order valence-electron chi connectivity index (χ3n) is 2.76. The van der Waals surface area contributed by atoms with E-state index in [0.29, 0.717) is 5.56 Å². The van der Waals surface area contributed by atoms with Gasteiger partial charge in [0.25, 0.3) is 0 Å². The van der Waals surface area contributed by atoms with Crippen molar-refractivity contribution in [1.29, 1.82) is 5.26 Å². The molecule has 1 N–H and O–H groups in total. The van der Waals surface area contributed by atoms with E-state index in [4.69, 9.17) is 5.26 Å². The van der Waals surface area contributed by atoms with E-state index in [2.05, 4.69) is 46.1 Å². The van der Waals surface area contributed by atoms with Crippen molar-refractivity contribution in [2.24, 2.45) is 0 Å². The van der Waals surface area contributed by atoms with Gasteiger partial charge in [-0.05, 0) is 31.5 Å². The van der Waals surface area contributed by atoms with Crippen molar-refractivity contribution in [1.82, 2.24) is 4.98 Å². The summed E-state index contributed by atoms with van der Waals surface area (Å²) in [5.74, 6) is 0. The highest BCUT2D eigenvalue weighted by atomic mass is 79.9. The van der Waals surface area contributed by atoms with Gasteiger partial charge in [0.2, 0.25) is 0 Å². The van der Waals surface area contributed by atoms with Crippen molar-refractivity contribution in [3.8, 4) is 6.07 Å². The van der Waals surface area contributed by atoms with Crippen molar-refractivity contribution < 1.29 is 0 Å². The van der Waals surface area contributed by atoms with Gasteiger partial charge in [-0.3, -0.25) is 0 Å². The van der Waals surface area contributed by atoms with Crippen molar-refractivity contribution in [3.63, 3.8) is 0 Å². The SMILES string of the molecule is CCc1cnc(C(C)Nc2ccc(Br)cc2C#N)s1. The fourth-order valence-corrected chi connectivity index (χ4v) is 2.94. The Balaban J connectivity index is 2.19. The summed E-state index contributed by atoms with van der Waals surface area (Å²) in [4.78, 5) is 5.70. The number of aromatic nitrogens is 1. The van der Waals surface area contributed by atoms with E-state index in [9.17, 15) is 0 Å². The Kier molecular flexibility index (Phi) is 4.56. The average Bonchev–Trinajstić information content (AvgIpc) is 2.89. The van der Waals surface area contributed by atoms with Crippen LogP contribution in [0.5, 0.6) is 0 Å². The van der Waals surface area contributed by atoms with Crippen molar-refractivity contribution in [2.75, 3.05) is 5.32 Å². The molecule has 1 unspecified atom stereocenters. The molecule has 3 nitrogen and oxygen atoms in total. The van der Waals surface area contributed by atoms with Crippen molar-refractivity contribution >= 4 is 33.0 Å². The molecular weight excluding hydrogens is 322 g/mol. The molecule has 0 aliphatic carbocycles. The molecule has 0 aliphatic heterocycles. The van der Waals surface area contributed by atoms with Gasteiger partial charge in [-0.2, -0.15) is 5.26 Å². The van der Waals surface area contributed by atoms with Gasteiger partial charge in [-0.1, -0.05) is 22.9 Å². The molecule has 1 heterocycles. The van der Waals surface area contributed by atoms with Gasteiger partial charge in [-0.15, -0.1) is 11.3 Å². The molecule has 0 saturated heterocycles. The molecule has 1 aromatic heterocycles. The van der Waals surface area contributed by atoms with E-state index >= 15 is 0 Å². The molecule has 98 valence electrons. The van der Waals surface area contributed by atoms with E-state index in [0.717, 1.165) is 21.6 Å². The maximum atomic E-state index is 9.14. The van der Waals surface area contributed by atoms with Gasteiger partial charge >= 0.3 is 0 Å². The smallest absolute Gasteiger partial charge is 0.115 e. The van der Waals surface area contributed by atoms with Crippen LogP contribution in [-0.2, 0) is 6.42 Å². The number of hydrogen-bond donors (Lipinski definition) is 1. The summed E-state index contributed by atoms with van der Waals surface area (Å²) in [6.45, 7) is 4.18. The standard InChI is InChI=1S/C14H14BrN3S/c1-3-12-8-17-14(19-12)9(2)18-13-5-4-11(15)6-10(13)7-16/h4-6,8-9,18H,3H2,1-2H3. The maximum absolute atomic E-state index is 9.14. The Labute approximate surface area is 125 Å². The number of thiazole rings is 1. The summed E-state index contributed by atoms with van der Waals surface area (Å²) in [6.07, 6.45) is 2.93. The van der Waals surface area contributed by atoms with Crippen LogP contribution in [-0.4, -0.2) is 4.98 Å². The lowest BCUT2D eigenvalue weighted by atomic mass is 10.2. The summed E-state index contributed by atoms with van der Waals surface area (Å²) in [7, 11) is 0. The van der Waals surface area contributed by atoms with Crippen LogP contribution in [0.25, 0.3) is 0 Å². The van der Waals surface area contributed by atoms with Gasteiger partial charge in [0, 0.05) is 15.5 Å². The number of halogens is 1. The monoisotopic (exact) mass is 335 g/mol. The minimum Gasteiger partial charge on any atom is -0.375 e. The van der Waals surface area contributed by atoms with Gasteiger partial charge in [-0.25, -0.2) is 4.98 Å². The zero-order chi connectivity index (χ0) is 13.8. The first-order valence-electron chi connectivity index (χ1n) is 6.04. The highest BCUT2D eigenvalue weighted by Gasteiger charge is 2.12. The molecule has 2 rings (SSSR count). The molecule has 5 heteroatoms. The van der Waals surface area contributed by atoms with Gasteiger partial charge in [0.05, 0.1) is 17.3 Å². The molecule has 0 aliphatic rings. The van der Waals surface area contributed by atoms with Crippen molar-refractivity contribution in [2.45, 2.75) is 26.3 Å². The first kappa shape index (κ1) is 14.0. The van der Waals surface area contributed by atoms with E-state index in [1.54, 1.807) is 11.3 Å². The third kappa shape index (κ3) is 3.34. The minimum atomic E-state index is 0.0959. The van der Waals surface area contributed by atoms with Crippen LogP contribution in [0.4, 0.5) is 5.69 Å². The van der Waals surface area contributed by atoms with Crippen LogP contribution in [0.1, 0.15) is 35.3 Å². The van der Waals surface area contributed by atoms with Crippen LogP contribution in [0.2, 0.25) is 0 Å². The number of benzene rings is 1. The maximum Gasteiger partial charge on any atom is 0.115 e. The molecule has 0 bridgehead atoms. The highest BCUT2D eigenvalue weighted by molar-refractivity contribution is 9.10. The van der Waals surface area contributed by atoms with Crippen LogP contribution >= 0.6 is 27.3 Å². The van der Waals surface area contributed by atoms with Crippen LogP contribution in [0, 0.1) is 11.3 Å². The fourth-order valence-electron chi connectivity index (χ4n) is 1.72. The average molecular weight is 336 g/mol. The Hall–Kier alpha value is -1.38. The molecule has 0 saturated carbocycles. The second-order valence-electron chi connectivity index (χ2n) is 4.19. The molecule has 19 heavy (non-hydrogen) atoms. The first-order valence-corrected chi connectivity index (χ1v) is 7.65. The lowest BCUT2D eigenvalue weighted by Gasteiger charge is -2.14. The number of rotatable bonds is 4. The van der Waals surface area contributed by atoms with Gasteiger partial charge in [0.15, 0.2) is 0 Å². The predicted molar refractivity (Wildman–Crippen MR) is 82.4 cm³/mol. The largest absolute Gasteiger partial charge is 0.375 e. The van der Waals surface area contributed by atoms with E-state index in [-0.39, 0.29) is 6.04 Å². The van der Waals surface area contributed by atoms with Crippen LogP contribution < -0.4 is 5.32 Å². The van der Waals surface area contributed by atoms with Crippen LogP contribution in [0.3, 0.4) is 0 Å². The topological polar surface area (TPSA) is 48.7 Å². The zero-order valence-corrected chi connectivity index (χ0v) is 13.2. The Morgan fingerprint density at radius 1 is 1.53 bits per heavy atom. The normalized spacial score (nSPS) is 11.9. The quantitative estimate of drug-likeness (QED) is 0.893. The molecule has 0 spiro atoms. The van der Waals surface area contributed by atoms with E-state index < -0.39 is 0 Å². The van der Waals surface area contributed by atoms with E-state index in [1.165, 1.54) is 4.88 Å².